The van der Waals surface area contributed by atoms with Crippen LogP contribution in [0.3, 0.4) is 0 Å². The van der Waals surface area contributed by atoms with Crippen molar-refractivity contribution in [2.45, 2.75) is 39.7 Å². The van der Waals surface area contributed by atoms with Crippen molar-refractivity contribution in [2.75, 3.05) is 0 Å². The summed E-state index contributed by atoms with van der Waals surface area (Å²) in [6, 6.07) is 0. The van der Waals surface area contributed by atoms with Crippen LogP contribution in [-0.2, 0) is 0 Å². The summed E-state index contributed by atoms with van der Waals surface area (Å²) in [5.41, 5.74) is 0.167. The van der Waals surface area contributed by atoms with Crippen LogP contribution in [0.15, 0.2) is 0 Å². The van der Waals surface area contributed by atoms with Crippen LogP contribution in [0.1, 0.15) is 33.6 Å². The molecular weight excluding hydrogens is 112 g/mol. The third-order valence-electron chi connectivity index (χ3n) is 3.00. The van der Waals surface area contributed by atoms with Gasteiger partial charge in [0.05, 0.1) is 6.10 Å². The summed E-state index contributed by atoms with van der Waals surface area (Å²) in [6.07, 6.45) is 2.12. The summed E-state index contributed by atoms with van der Waals surface area (Å²) in [5, 5.41) is 9.43. The molecule has 2 atom stereocenters. The number of aliphatic hydroxyl groups is 1. The Balaban J connectivity index is 2.66. The van der Waals surface area contributed by atoms with E-state index in [1.807, 2.05) is 0 Å². The lowest BCUT2D eigenvalue weighted by Crippen LogP contribution is -2.27. The summed E-state index contributed by atoms with van der Waals surface area (Å²) in [7, 11) is 0. The van der Waals surface area contributed by atoms with Crippen molar-refractivity contribution in [3.8, 4) is 0 Å². The summed E-state index contributed by atoms with van der Waals surface area (Å²) in [5.74, 6) is 0.687. The quantitative estimate of drug-likeness (QED) is 0.527. The van der Waals surface area contributed by atoms with Gasteiger partial charge in [-0.15, -0.1) is 0 Å². The fourth-order valence-electron chi connectivity index (χ4n) is 1.48. The fraction of sp³-hybridized carbons (Fsp3) is 1.00. The second-order valence-corrected chi connectivity index (χ2v) is 3.82. The molecule has 1 unspecified atom stereocenters. The van der Waals surface area contributed by atoms with E-state index >= 15 is 0 Å². The maximum absolute atomic E-state index is 9.43. The molecule has 1 heteroatoms. The van der Waals surface area contributed by atoms with E-state index in [2.05, 4.69) is 20.8 Å². The van der Waals surface area contributed by atoms with Crippen LogP contribution in [0.25, 0.3) is 0 Å². The number of aliphatic hydroxyl groups excluding tert-OH is 1. The van der Waals surface area contributed by atoms with E-state index in [-0.39, 0.29) is 11.5 Å². The van der Waals surface area contributed by atoms with Crippen molar-refractivity contribution < 1.29 is 5.11 Å². The topological polar surface area (TPSA) is 20.2 Å². The molecule has 1 N–H and O–H groups in total. The molecule has 0 aromatic carbocycles. The number of hydrogen-bond acceptors (Lipinski definition) is 1. The predicted molar refractivity (Wildman–Crippen MR) is 38.2 cm³/mol. The average molecular weight is 128 g/mol. The Morgan fingerprint density at radius 2 is 1.89 bits per heavy atom. The van der Waals surface area contributed by atoms with Gasteiger partial charge in [-0.1, -0.05) is 20.8 Å². The van der Waals surface area contributed by atoms with Gasteiger partial charge < -0.3 is 5.11 Å². The average Bonchev–Trinajstić information content (AvgIpc) is 1.96. The van der Waals surface area contributed by atoms with Gasteiger partial charge in [-0.25, -0.2) is 0 Å². The van der Waals surface area contributed by atoms with Crippen molar-refractivity contribution in [1.29, 1.82) is 0 Å². The summed E-state index contributed by atoms with van der Waals surface area (Å²) in [6.45, 7) is 6.51. The van der Waals surface area contributed by atoms with Gasteiger partial charge in [0.15, 0.2) is 0 Å². The van der Waals surface area contributed by atoms with Crippen LogP contribution in [0.2, 0.25) is 0 Å². The molecule has 0 radical (unpaired) electrons. The Bertz CT molecular complexity index is 95.1. The van der Waals surface area contributed by atoms with Crippen LogP contribution in [-0.4, -0.2) is 11.2 Å². The van der Waals surface area contributed by atoms with Gasteiger partial charge >= 0.3 is 0 Å². The zero-order chi connectivity index (χ0) is 7.07. The molecule has 1 saturated carbocycles. The minimum atomic E-state index is -0.0625. The monoisotopic (exact) mass is 128 g/mol. The molecule has 0 spiro atoms. The van der Waals surface area contributed by atoms with Crippen LogP contribution in [0.5, 0.6) is 0 Å². The van der Waals surface area contributed by atoms with Crippen molar-refractivity contribution in [3.05, 3.63) is 0 Å². The van der Waals surface area contributed by atoms with Crippen molar-refractivity contribution >= 4 is 0 Å². The SMILES string of the molecule is CC1CC[C@@H](O)C1(C)C. The molecule has 0 amide bonds. The van der Waals surface area contributed by atoms with E-state index in [0.29, 0.717) is 5.92 Å². The second kappa shape index (κ2) is 1.98. The van der Waals surface area contributed by atoms with Crippen molar-refractivity contribution in [2.24, 2.45) is 11.3 Å². The molecule has 0 heterocycles. The third-order valence-corrected chi connectivity index (χ3v) is 3.00. The van der Waals surface area contributed by atoms with Gasteiger partial charge in [-0.3, -0.25) is 0 Å². The maximum atomic E-state index is 9.43. The van der Waals surface area contributed by atoms with Gasteiger partial charge in [-0.05, 0) is 24.2 Å². The molecule has 1 aliphatic rings. The van der Waals surface area contributed by atoms with Crippen LogP contribution in [0, 0.1) is 11.3 Å². The summed E-state index contributed by atoms with van der Waals surface area (Å²) in [4.78, 5) is 0. The molecule has 0 aromatic heterocycles. The van der Waals surface area contributed by atoms with Crippen LogP contribution in [0.4, 0.5) is 0 Å². The van der Waals surface area contributed by atoms with Gasteiger partial charge in [-0.2, -0.15) is 0 Å². The first-order valence-electron chi connectivity index (χ1n) is 3.73. The van der Waals surface area contributed by atoms with Gasteiger partial charge in [0.2, 0.25) is 0 Å². The van der Waals surface area contributed by atoms with E-state index in [1.54, 1.807) is 0 Å². The second-order valence-electron chi connectivity index (χ2n) is 3.82. The van der Waals surface area contributed by atoms with Crippen LogP contribution < -0.4 is 0 Å². The zero-order valence-corrected chi connectivity index (χ0v) is 6.52. The molecule has 0 bridgehead atoms. The summed E-state index contributed by atoms with van der Waals surface area (Å²) < 4.78 is 0. The molecule has 1 fully saturated rings. The Morgan fingerprint density at radius 3 is 2.00 bits per heavy atom. The molecular formula is C8H16O. The largest absolute Gasteiger partial charge is 0.393 e. The Labute approximate surface area is 57.1 Å². The van der Waals surface area contributed by atoms with E-state index in [0.717, 1.165) is 6.42 Å². The number of hydrogen-bond donors (Lipinski definition) is 1. The standard InChI is InChI=1S/C8H16O/c1-6-4-5-7(9)8(6,2)3/h6-7,9H,4-5H2,1-3H3/t6?,7-/m1/s1. The van der Waals surface area contributed by atoms with E-state index in [1.165, 1.54) is 6.42 Å². The normalized spacial score (nSPS) is 41.3. The smallest absolute Gasteiger partial charge is 0.0593 e. The Hall–Kier alpha value is -0.0400. The molecule has 1 aliphatic carbocycles. The molecule has 54 valence electrons. The van der Waals surface area contributed by atoms with E-state index in [4.69, 9.17) is 0 Å². The highest BCUT2D eigenvalue weighted by molar-refractivity contribution is 4.89. The lowest BCUT2D eigenvalue weighted by Gasteiger charge is -2.27. The molecule has 0 aromatic rings. The first kappa shape index (κ1) is 7.07. The Kier molecular flexibility index (Phi) is 1.55. The molecule has 1 rings (SSSR count). The minimum absolute atomic E-state index is 0.0625. The fourth-order valence-corrected chi connectivity index (χ4v) is 1.48. The first-order chi connectivity index (χ1) is 4.05. The third kappa shape index (κ3) is 0.983. The van der Waals surface area contributed by atoms with Gasteiger partial charge in [0.1, 0.15) is 0 Å². The van der Waals surface area contributed by atoms with Crippen LogP contribution >= 0.6 is 0 Å². The maximum Gasteiger partial charge on any atom is 0.0593 e. The summed E-state index contributed by atoms with van der Waals surface area (Å²) >= 11 is 0. The lowest BCUT2D eigenvalue weighted by atomic mass is 9.82. The minimum Gasteiger partial charge on any atom is -0.393 e. The van der Waals surface area contributed by atoms with Gasteiger partial charge in [0.25, 0.3) is 0 Å². The lowest BCUT2D eigenvalue weighted by molar-refractivity contribution is 0.0589. The molecule has 0 saturated heterocycles. The van der Waals surface area contributed by atoms with E-state index in [9.17, 15) is 5.11 Å². The number of rotatable bonds is 0. The molecule has 0 aliphatic heterocycles. The highest BCUT2D eigenvalue weighted by atomic mass is 16.3. The highest BCUT2D eigenvalue weighted by Gasteiger charge is 2.38. The molecule has 9 heavy (non-hydrogen) atoms. The molecule has 1 nitrogen and oxygen atoms in total. The first-order valence-corrected chi connectivity index (χ1v) is 3.73. The highest BCUT2D eigenvalue weighted by Crippen LogP contribution is 2.42. The van der Waals surface area contributed by atoms with Crippen molar-refractivity contribution in [1.82, 2.24) is 0 Å². The Morgan fingerprint density at radius 1 is 1.33 bits per heavy atom. The van der Waals surface area contributed by atoms with Crippen molar-refractivity contribution in [3.63, 3.8) is 0 Å². The van der Waals surface area contributed by atoms with Gasteiger partial charge in [0, 0.05) is 0 Å². The zero-order valence-electron chi connectivity index (χ0n) is 6.52. The van der Waals surface area contributed by atoms with E-state index < -0.39 is 0 Å². The predicted octanol–water partition coefficient (Wildman–Crippen LogP) is 1.80.